The van der Waals surface area contributed by atoms with Gasteiger partial charge in [-0.1, -0.05) is 46.3 Å². The first-order chi connectivity index (χ1) is 9.75. The molecule has 2 nitrogen and oxygen atoms in total. The molecule has 0 fully saturated rings. The van der Waals surface area contributed by atoms with Crippen LogP contribution in [0.2, 0.25) is 0 Å². The summed E-state index contributed by atoms with van der Waals surface area (Å²) in [6.07, 6.45) is 5.37. The zero-order valence-electron chi connectivity index (χ0n) is 10.6. The molecule has 3 heteroatoms. The third-order valence-corrected chi connectivity index (χ3v) is 3.87. The molecule has 98 valence electrons. The SMILES string of the molecule is O=C(/C=C/c1c[nH]c2ccccc12)c1ccccc1Br. The van der Waals surface area contributed by atoms with Gasteiger partial charge in [0.2, 0.25) is 0 Å². The predicted octanol–water partition coefficient (Wildman–Crippen LogP) is 4.83. The Hall–Kier alpha value is -2.13. The van der Waals surface area contributed by atoms with Crippen LogP contribution in [0.3, 0.4) is 0 Å². The summed E-state index contributed by atoms with van der Waals surface area (Å²) in [6.45, 7) is 0. The number of fused-ring (bicyclic) bond motifs is 1. The minimum Gasteiger partial charge on any atom is -0.361 e. The summed E-state index contributed by atoms with van der Waals surface area (Å²) < 4.78 is 0.813. The second-order valence-corrected chi connectivity index (χ2v) is 5.32. The number of rotatable bonds is 3. The van der Waals surface area contributed by atoms with Crippen molar-refractivity contribution in [1.82, 2.24) is 4.98 Å². The average Bonchev–Trinajstić information content (AvgIpc) is 2.88. The van der Waals surface area contributed by atoms with Gasteiger partial charge in [-0.2, -0.15) is 0 Å². The molecule has 20 heavy (non-hydrogen) atoms. The number of para-hydroxylation sites is 1. The number of carbonyl (C=O) groups excluding carboxylic acids is 1. The van der Waals surface area contributed by atoms with Crippen molar-refractivity contribution in [2.45, 2.75) is 0 Å². The Bertz CT molecular complexity index is 801. The van der Waals surface area contributed by atoms with Crippen LogP contribution in [0.5, 0.6) is 0 Å². The Morgan fingerprint density at radius 1 is 1.05 bits per heavy atom. The summed E-state index contributed by atoms with van der Waals surface area (Å²) in [4.78, 5) is 15.4. The number of aromatic amines is 1. The zero-order valence-corrected chi connectivity index (χ0v) is 12.2. The second-order valence-electron chi connectivity index (χ2n) is 4.47. The third-order valence-electron chi connectivity index (χ3n) is 3.17. The second kappa shape index (κ2) is 5.47. The topological polar surface area (TPSA) is 32.9 Å². The molecule has 1 heterocycles. The third kappa shape index (κ3) is 2.45. The molecule has 0 bridgehead atoms. The first-order valence-electron chi connectivity index (χ1n) is 6.29. The van der Waals surface area contributed by atoms with Crippen molar-refractivity contribution in [3.05, 3.63) is 76.4 Å². The molecule has 0 unspecified atom stereocenters. The van der Waals surface area contributed by atoms with E-state index in [9.17, 15) is 4.79 Å². The van der Waals surface area contributed by atoms with E-state index in [1.165, 1.54) is 0 Å². The maximum absolute atomic E-state index is 12.2. The van der Waals surface area contributed by atoms with Gasteiger partial charge in [0.1, 0.15) is 0 Å². The fourth-order valence-electron chi connectivity index (χ4n) is 2.15. The number of aromatic nitrogens is 1. The Morgan fingerprint density at radius 2 is 1.80 bits per heavy atom. The summed E-state index contributed by atoms with van der Waals surface area (Å²) in [7, 11) is 0. The van der Waals surface area contributed by atoms with Crippen molar-refractivity contribution >= 4 is 38.7 Å². The van der Waals surface area contributed by atoms with Crippen LogP contribution in [0.25, 0.3) is 17.0 Å². The molecule has 0 amide bonds. The predicted molar refractivity (Wildman–Crippen MR) is 85.8 cm³/mol. The van der Waals surface area contributed by atoms with E-state index in [0.29, 0.717) is 5.56 Å². The lowest BCUT2D eigenvalue weighted by molar-refractivity contribution is 0.104. The molecule has 0 spiro atoms. The van der Waals surface area contributed by atoms with Gasteiger partial charge in [0.15, 0.2) is 5.78 Å². The highest BCUT2D eigenvalue weighted by molar-refractivity contribution is 9.10. The zero-order chi connectivity index (χ0) is 13.9. The Labute approximate surface area is 125 Å². The number of halogens is 1. The molecule has 3 aromatic rings. The van der Waals surface area contributed by atoms with Gasteiger partial charge in [0.25, 0.3) is 0 Å². The summed E-state index contributed by atoms with van der Waals surface area (Å²) in [5.41, 5.74) is 2.75. The number of allylic oxidation sites excluding steroid dienone is 1. The van der Waals surface area contributed by atoms with Crippen molar-refractivity contribution < 1.29 is 4.79 Å². The summed E-state index contributed by atoms with van der Waals surface area (Å²) in [6, 6.07) is 15.5. The lowest BCUT2D eigenvalue weighted by atomic mass is 10.1. The number of hydrogen-bond donors (Lipinski definition) is 1. The van der Waals surface area contributed by atoms with Crippen LogP contribution in [-0.4, -0.2) is 10.8 Å². The molecule has 0 atom stereocenters. The van der Waals surface area contributed by atoms with Crippen LogP contribution in [0.1, 0.15) is 15.9 Å². The minimum absolute atomic E-state index is 0.0113. The van der Waals surface area contributed by atoms with E-state index in [0.717, 1.165) is 20.9 Å². The van der Waals surface area contributed by atoms with Gasteiger partial charge in [-0.25, -0.2) is 0 Å². The Morgan fingerprint density at radius 3 is 2.65 bits per heavy atom. The van der Waals surface area contributed by atoms with E-state index in [-0.39, 0.29) is 5.78 Å². The van der Waals surface area contributed by atoms with Crippen LogP contribution in [0, 0.1) is 0 Å². The lowest BCUT2D eigenvalue weighted by Gasteiger charge is -1.98. The normalized spacial score (nSPS) is 11.2. The molecule has 0 aliphatic heterocycles. The molecule has 1 aromatic heterocycles. The largest absolute Gasteiger partial charge is 0.361 e. The molecular formula is C17H12BrNO. The van der Waals surface area contributed by atoms with E-state index in [2.05, 4.69) is 20.9 Å². The standard InChI is InChI=1S/C17H12BrNO/c18-15-7-3-1-6-14(15)17(20)10-9-12-11-19-16-8-4-2-5-13(12)16/h1-11,19H/b10-9+. The van der Waals surface area contributed by atoms with E-state index in [1.54, 1.807) is 6.08 Å². The number of benzene rings is 2. The maximum Gasteiger partial charge on any atom is 0.186 e. The van der Waals surface area contributed by atoms with Gasteiger partial charge < -0.3 is 4.98 Å². The highest BCUT2D eigenvalue weighted by Crippen LogP contribution is 2.20. The number of H-pyrrole nitrogens is 1. The fourth-order valence-corrected chi connectivity index (χ4v) is 2.63. The molecule has 0 aliphatic carbocycles. The molecule has 0 saturated carbocycles. The summed E-state index contributed by atoms with van der Waals surface area (Å²) in [5, 5.41) is 1.11. The van der Waals surface area contributed by atoms with Crippen molar-refractivity contribution in [1.29, 1.82) is 0 Å². The monoisotopic (exact) mass is 325 g/mol. The molecular weight excluding hydrogens is 314 g/mol. The Balaban J connectivity index is 1.91. The summed E-state index contributed by atoms with van der Waals surface area (Å²) in [5.74, 6) is -0.0113. The number of hydrogen-bond acceptors (Lipinski definition) is 1. The van der Waals surface area contributed by atoms with E-state index in [1.807, 2.05) is 60.8 Å². The number of nitrogens with one attached hydrogen (secondary N) is 1. The van der Waals surface area contributed by atoms with Crippen molar-refractivity contribution in [3.8, 4) is 0 Å². The highest BCUT2D eigenvalue weighted by Gasteiger charge is 2.06. The van der Waals surface area contributed by atoms with Gasteiger partial charge in [-0.05, 0) is 35.9 Å². The quantitative estimate of drug-likeness (QED) is 0.543. The average molecular weight is 326 g/mol. The van der Waals surface area contributed by atoms with Crippen molar-refractivity contribution in [2.75, 3.05) is 0 Å². The molecule has 1 N–H and O–H groups in total. The van der Waals surface area contributed by atoms with Crippen LogP contribution in [0.15, 0.2) is 65.3 Å². The first kappa shape index (κ1) is 12.9. The van der Waals surface area contributed by atoms with Crippen molar-refractivity contribution in [3.63, 3.8) is 0 Å². The van der Waals surface area contributed by atoms with Crippen LogP contribution < -0.4 is 0 Å². The van der Waals surface area contributed by atoms with Gasteiger partial charge in [-0.3, -0.25) is 4.79 Å². The smallest absolute Gasteiger partial charge is 0.186 e. The molecule has 0 saturated heterocycles. The minimum atomic E-state index is -0.0113. The van der Waals surface area contributed by atoms with Crippen LogP contribution in [-0.2, 0) is 0 Å². The van der Waals surface area contributed by atoms with Gasteiger partial charge in [0.05, 0.1) is 0 Å². The van der Waals surface area contributed by atoms with Crippen LogP contribution >= 0.6 is 15.9 Å². The van der Waals surface area contributed by atoms with E-state index < -0.39 is 0 Å². The van der Waals surface area contributed by atoms with Crippen molar-refractivity contribution in [2.24, 2.45) is 0 Å². The maximum atomic E-state index is 12.2. The number of ketones is 1. The fraction of sp³-hybridized carbons (Fsp3) is 0. The first-order valence-corrected chi connectivity index (χ1v) is 7.08. The van der Waals surface area contributed by atoms with Gasteiger partial charge in [0, 0.05) is 27.1 Å². The molecule has 3 rings (SSSR count). The van der Waals surface area contributed by atoms with Gasteiger partial charge in [-0.15, -0.1) is 0 Å². The van der Waals surface area contributed by atoms with E-state index >= 15 is 0 Å². The molecule has 2 aromatic carbocycles. The summed E-state index contributed by atoms with van der Waals surface area (Å²) >= 11 is 3.39. The van der Waals surface area contributed by atoms with Crippen LogP contribution in [0.4, 0.5) is 0 Å². The lowest BCUT2D eigenvalue weighted by Crippen LogP contribution is -1.94. The molecule has 0 radical (unpaired) electrons. The highest BCUT2D eigenvalue weighted by atomic mass is 79.9. The Kier molecular flexibility index (Phi) is 3.52. The van der Waals surface area contributed by atoms with E-state index in [4.69, 9.17) is 0 Å². The number of carbonyl (C=O) groups is 1. The molecule has 0 aliphatic rings. The van der Waals surface area contributed by atoms with Gasteiger partial charge >= 0.3 is 0 Å².